The number of benzene rings is 1. The van der Waals surface area contributed by atoms with Gasteiger partial charge < -0.3 is 10.7 Å². The Labute approximate surface area is 78.0 Å². The second-order valence-corrected chi connectivity index (χ2v) is 2.46. The zero-order chi connectivity index (χ0) is 9.68. The molecule has 0 unspecified atom stereocenters. The van der Waals surface area contributed by atoms with Crippen LogP contribution in [0.3, 0.4) is 0 Å². The van der Waals surface area contributed by atoms with Gasteiger partial charge >= 0.3 is 0 Å². The van der Waals surface area contributed by atoms with E-state index in [2.05, 4.69) is 9.97 Å². The lowest BCUT2D eigenvalue weighted by atomic mass is 10.2. The molecule has 3 N–H and O–H groups in total. The van der Waals surface area contributed by atoms with Crippen molar-refractivity contribution < 1.29 is 0 Å². The summed E-state index contributed by atoms with van der Waals surface area (Å²) in [4.78, 5) is 7.13. The lowest BCUT2D eigenvalue weighted by Gasteiger charge is -1.93. The van der Waals surface area contributed by atoms with Gasteiger partial charge in [0.1, 0.15) is 0 Å². The van der Waals surface area contributed by atoms with Crippen LogP contribution in [-0.2, 0) is 6.54 Å². The van der Waals surface area contributed by atoms with Crippen LogP contribution in [0.15, 0.2) is 24.5 Å². The highest BCUT2D eigenvalue weighted by Gasteiger charge is 1.95. The Balaban J connectivity index is 0.000000396. The fraction of sp³-hybridized carbons (Fsp3) is 0.300. The topological polar surface area (TPSA) is 54.7 Å². The predicted octanol–water partition coefficient (Wildman–Crippen LogP) is 2.05. The first kappa shape index (κ1) is 9.74. The van der Waals surface area contributed by atoms with Gasteiger partial charge in [-0.05, 0) is 17.7 Å². The summed E-state index contributed by atoms with van der Waals surface area (Å²) in [6.07, 6.45) is 1.69. The van der Waals surface area contributed by atoms with E-state index in [0.717, 1.165) is 16.6 Å². The summed E-state index contributed by atoms with van der Waals surface area (Å²) >= 11 is 0. The summed E-state index contributed by atoms with van der Waals surface area (Å²) in [5.41, 5.74) is 8.64. The number of hydrogen-bond acceptors (Lipinski definition) is 2. The normalized spacial score (nSPS) is 9.46. The van der Waals surface area contributed by atoms with Crippen LogP contribution in [-0.4, -0.2) is 9.97 Å². The predicted molar refractivity (Wildman–Crippen MR) is 55.3 cm³/mol. The molecule has 0 amide bonds. The SMILES string of the molecule is CC.NCc1ccc2nc[nH]c2c1. The summed E-state index contributed by atoms with van der Waals surface area (Å²) in [5.74, 6) is 0. The first-order valence-corrected chi connectivity index (χ1v) is 4.52. The average Bonchev–Trinajstić information content (AvgIpc) is 2.67. The largest absolute Gasteiger partial charge is 0.345 e. The highest BCUT2D eigenvalue weighted by molar-refractivity contribution is 5.74. The number of aromatic nitrogens is 2. The van der Waals surface area contributed by atoms with Gasteiger partial charge in [0.15, 0.2) is 0 Å². The van der Waals surface area contributed by atoms with Crippen molar-refractivity contribution in [3.63, 3.8) is 0 Å². The molecule has 0 aliphatic carbocycles. The molecule has 0 aliphatic rings. The van der Waals surface area contributed by atoms with Crippen LogP contribution >= 0.6 is 0 Å². The molecule has 0 spiro atoms. The van der Waals surface area contributed by atoms with Crippen LogP contribution in [0.25, 0.3) is 11.0 Å². The third-order valence-corrected chi connectivity index (χ3v) is 1.72. The maximum absolute atomic E-state index is 5.48. The van der Waals surface area contributed by atoms with E-state index >= 15 is 0 Å². The van der Waals surface area contributed by atoms with Gasteiger partial charge in [-0.2, -0.15) is 0 Å². The fourth-order valence-corrected chi connectivity index (χ4v) is 1.11. The van der Waals surface area contributed by atoms with E-state index in [4.69, 9.17) is 5.73 Å². The van der Waals surface area contributed by atoms with Crippen molar-refractivity contribution in [2.75, 3.05) is 0 Å². The number of nitrogens with two attached hydrogens (primary N) is 1. The Bertz CT molecular complexity index is 365. The molecule has 0 saturated heterocycles. The highest BCUT2D eigenvalue weighted by atomic mass is 14.9. The van der Waals surface area contributed by atoms with Crippen molar-refractivity contribution in [3.05, 3.63) is 30.1 Å². The monoisotopic (exact) mass is 177 g/mol. The molecule has 1 aromatic heterocycles. The minimum Gasteiger partial charge on any atom is -0.345 e. The minimum atomic E-state index is 0.578. The number of aromatic amines is 1. The number of nitrogens with zero attached hydrogens (tertiary/aromatic N) is 1. The van der Waals surface area contributed by atoms with Crippen LogP contribution in [0.4, 0.5) is 0 Å². The molecule has 70 valence electrons. The first-order valence-electron chi connectivity index (χ1n) is 4.52. The second kappa shape index (κ2) is 4.62. The van der Waals surface area contributed by atoms with E-state index < -0.39 is 0 Å². The summed E-state index contributed by atoms with van der Waals surface area (Å²) in [7, 11) is 0. The first-order chi connectivity index (χ1) is 6.40. The Morgan fingerprint density at radius 3 is 2.85 bits per heavy atom. The zero-order valence-corrected chi connectivity index (χ0v) is 8.04. The van der Waals surface area contributed by atoms with E-state index in [1.165, 1.54) is 0 Å². The van der Waals surface area contributed by atoms with Crippen LogP contribution in [0.5, 0.6) is 0 Å². The molecule has 1 heterocycles. The van der Waals surface area contributed by atoms with Crippen LogP contribution in [0.2, 0.25) is 0 Å². The van der Waals surface area contributed by atoms with Crippen LogP contribution < -0.4 is 5.73 Å². The zero-order valence-electron chi connectivity index (χ0n) is 8.04. The Kier molecular flexibility index (Phi) is 3.46. The molecule has 3 nitrogen and oxygen atoms in total. The maximum Gasteiger partial charge on any atom is 0.0931 e. The molecule has 0 aliphatic heterocycles. The number of imidazole rings is 1. The number of H-pyrrole nitrogens is 1. The fourth-order valence-electron chi connectivity index (χ4n) is 1.11. The van der Waals surface area contributed by atoms with Gasteiger partial charge in [0.05, 0.1) is 17.4 Å². The quantitative estimate of drug-likeness (QED) is 0.700. The van der Waals surface area contributed by atoms with E-state index in [0.29, 0.717) is 6.54 Å². The van der Waals surface area contributed by atoms with Gasteiger partial charge in [-0.25, -0.2) is 4.98 Å². The van der Waals surface area contributed by atoms with Gasteiger partial charge in [0.2, 0.25) is 0 Å². The Hall–Kier alpha value is -1.35. The molecule has 1 aromatic carbocycles. The number of nitrogens with one attached hydrogen (secondary N) is 1. The molecule has 13 heavy (non-hydrogen) atoms. The smallest absolute Gasteiger partial charge is 0.0931 e. The van der Waals surface area contributed by atoms with Crippen LogP contribution in [0.1, 0.15) is 19.4 Å². The average molecular weight is 177 g/mol. The van der Waals surface area contributed by atoms with Crippen molar-refractivity contribution in [1.29, 1.82) is 0 Å². The summed E-state index contributed by atoms with van der Waals surface area (Å²) in [5, 5.41) is 0. The lowest BCUT2D eigenvalue weighted by Crippen LogP contribution is -1.94. The highest BCUT2D eigenvalue weighted by Crippen LogP contribution is 2.10. The molecular formula is C10H15N3. The summed E-state index contributed by atoms with van der Waals surface area (Å²) < 4.78 is 0. The van der Waals surface area contributed by atoms with Crippen molar-refractivity contribution in [1.82, 2.24) is 9.97 Å². The standard InChI is InChI=1S/C8H9N3.C2H6/c9-4-6-1-2-7-8(3-6)11-5-10-7;1-2/h1-3,5H,4,9H2,(H,10,11);1-2H3. The Morgan fingerprint density at radius 2 is 2.15 bits per heavy atom. The molecule has 0 radical (unpaired) electrons. The molecule has 0 bridgehead atoms. The summed E-state index contributed by atoms with van der Waals surface area (Å²) in [6.45, 7) is 4.58. The molecule has 2 aromatic rings. The molecule has 0 atom stereocenters. The van der Waals surface area contributed by atoms with E-state index in [1.807, 2.05) is 32.0 Å². The van der Waals surface area contributed by atoms with Gasteiger partial charge in [-0.15, -0.1) is 0 Å². The molecule has 3 heteroatoms. The molecular weight excluding hydrogens is 162 g/mol. The minimum absolute atomic E-state index is 0.578. The number of fused-ring (bicyclic) bond motifs is 1. The van der Waals surface area contributed by atoms with Gasteiger partial charge in [0.25, 0.3) is 0 Å². The number of rotatable bonds is 1. The van der Waals surface area contributed by atoms with Gasteiger partial charge in [-0.1, -0.05) is 19.9 Å². The molecule has 0 saturated carbocycles. The second-order valence-electron chi connectivity index (χ2n) is 2.46. The van der Waals surface area contributed by atoms with E-state index in [-0.39, 0.29) is 0 Å². The molecule has 2 rings (SSSR count). The van der Waals surface area contributed by atoms with E-state index in [1.54, 1.807) is 6.33 Å². The number of hydrogen-bond donors (Lipinski definition) is 2. The third kappa shape index (κ3) is 2.06. The van der Waals surface area contributed by atoms with Crippen molar-refractivity contribution >= 4 is 11.0 Å². The summed E-state index contributed by atoms with van der Waals surface area (Å²) in [6, 6.07) is 5.97. The Morgan fingerprint density at radius 1 is 1.38 bits per heavy atom. The van der Waals surface area contributed by atoms with Gasteiger partial charge in [0, 0.05) is 6.54 Å². The molecule has 0 fully saturated rings. The third-order valence-electron chi connectivity index (χ3n) is 1.72. The van der Waals surface area contributed by atoms with E-state index in [9.17, 15) is 0 Å². The van der Waals surface area contributed by atoms with Crippen molar-refractivity contribution in [3.8, 4) is 0 Å². The lowest BCUT2D eigenvalue weighted by molar-refractivity contribution is 1.07. The van der Waals surface area contributed by atoms with Crippen molar-refractivity contribution in [2.24, 2.45) is 5.73 Å². The van der Waals surface area contributed by atoms with Crippen molar-refractivity contribution in [2.45, 2.75) is 20.4 Å². The maximum atomic E-state index is 5.48. The van der Waals surface area contributed by atoms with Gasteiger partial charge in [-0.3, -0.25) is 0 Å². The van der Waals surface area contributed by atoms with Crippen LogP contribution in [0, 0.1) is 0 Å².